The van der Waals surface area contributed by atoms with Gasteiger partial charge in [0, 0.05) is 27.9 Å². The van der Waals surface area contributed by atoms with Crippen LogP contribution in [0.2, 0.25) is 5.02 Å². The SMILES string of the molecule is Cc1cc(=O)oc2cc(OCc3cc4cc(Cl)ccc4o3)ccc12. The highest BCUT2D eigenvalue weighted by Gasteiger charge is 2.07. The summed E-state index contributed by atoms with van der Waals surface area (Å²) in [7, 11) is 0. The third-order valence-electron chi connectivity index (χ3n) is 3.83. The minimum atomic E-state index is -0.369. The van der Waals surface area contributed by atoms with Crippen molar-refractivity contribution in [1.82, 2.24) is 0 Å². The van der Waals surface area contributed by atoms with Crippen LogP contribution in [0, 0.1) is 6.92 Å². The van der Waals surface area contributed by atoms with E-state index in [4.69, 9.17) is 25.2 Å². The van der Waals surface area contributed by atoms with E-state index in [-0.39, 0.29) is 12.2 Å². The van der Waals surface area contributed by atoms with Gasteiger partial charge in [0.25, 0.3) is 0 Å². The summed E-state index contributed by atoms with van der Waals surface area (Å²) in [6, 6.07) is 14.3. The fourth-order valence-corrected chi connectivity index (χ4v) is 2.87. The Bertz CT molecular complexity index is 1110. The van der Waals surface area contributed by atoms with Crippen LogP contribution < -0.4 is 10.4 Å². The Labute approximate surface area is 142 Å². The van der Waals surface area contributed by atoms with Crippen LogP contribution in [0.5, 0.6) is 5.75 Å². The second kappa shape index (κ2) is 5.73. The monoisotopic (exact) mass is 340 g/mol. The molecule has 4 aromatic rings. The van der Waals surface area contributed by atoms with Crippen LogP contribution in [-0.4, -0.2) is 0 Å². The predicted molar refractivity (Wildman–Crippen MR) is 92.8 cm³/mol. The van der Waals surface area contributed by atoms with Crippen LogP contribution in [0.15, 0.2) is 62.2 Å². The molecule has 0 atom stereocenters. The molecule has 0 aliphatic rings. The van der Waals surface area contributed by atoms with Crippen LogP contribution in [0.1, 0.15) is 11.3 Å². The molecule has 0 N–H and O–H groups in total. The Kier molecular flexibility index (Phi) is 3.54. The summed E-state index contributed by atoms with van der Waals surface area (Å²) in [5, 5.41) is 2.48. The van der Waals surface area contributed by atoms with Gasteiger partial charge >= 0.3 is 5.63 Å². The molecule has 24 heavy (non-hydrogen) atoms. The zero-order valence-corrected chi connectivity index (χ0v) is 13.6. The highest BCUT2D eigenvalue weighted by atomic mass is 35.5. The molecule has 5 heteroatoms. The van der Waals surface area contributed by atoms with Crippen molar-refractivity contribution in [3.8, 4) is 5.75 Å². The first-order chi connectivity index (χ1) is 11.6. The topological polar surface area (TPSA) is 52.6 Å². The third kappa shape index (κ3) is 2.76. The van der Waals surface area contributed by atoms with Gasteiger partial charge in [-0.05, 0) is 48.9 Å². The van der Waals surface area contributed by atoms with E-state index in [0.29, 0.717) is 22.1 Å². The first kappa shape index (κ1) is 14.8. The molecule has 4 rings (SSSR count). The number of hydrogen-bond acceptors (Lipinski definition) is 4. The van der Waals surface area contributed by atoms with Crippen LogP contribution in [0.4, 0.5) is 0 Å². The van der Waals surface area contributed by atoms with Crippen molar-refractivity contribution < 1.29 is 13.6 Å². The summed E-state index contributed by atoms with van der Waals surface area (Å²) in [6.45, 7) is 2.15. The van der Waals surface area contributed by atoms with Crippen LogP contribution >= 0.6 is 11.6 Å². The van der Waals surface area contributed by atoms with Gasteiger partial charge in [-0.25, -0.2) is 4.79 Å². The molecule has 0 unspecified atom stereocenters. The molecule has 0 amide bonds. The van der Waals surface area contributed by atoms with E-state index in [9.17, 15) is 4.79 Å². The maximum Gasteiger partial charge on any atom is 0.336 e. The van der Waals surface area contributed by atoms with Crippen molar-refractivity contribution in [1.29, 1.82) is 0 Å². The first-order valence-corrected chi connectivity index (χ1v) is 7.81. The molecule has 120 valence electrons. The molecule has 2 aromatic heterocycles. The molecule has 2 aromatic carbocycles. The normalized spacial score (nSPS) is 11.2. The van der Waals surface area contributed by atoms with Crippen molar-refractivity contribution in [2.45, 2.75) is 13.5 Å². The lowest BCUT2D eigenvalue weighted by atomic mass is 10.1. The first-order valence-electron chi connectivity index (χ1n) is 7.44. The van der Waals surface area contributed by atoms with Crippen LogP contribution in [0.3, 0.4) is 0 Å². The van der Waals surface area contributed by atoms with E-state index in [1.165, 1.54) is 6.07 Å². The Morgan fingerprint density at radius 1 is 1.00 bits per heavy atom. The van der Waals surface area contributed by atoms with Crippen molar-refractivity contribution in [2.24, 2.45) is 0 Å². The lowest BCUT2D eigenvalue weighted by molar-refractivity contribution is 0.274. The molecule has 0 fully saturated rings. The molecular weight excluding hydrogens is 328 g/mol. The van der Waals surface area contributed by atoms with Crippen LogP contribution in [0.25, 0.3) is 21.9 Å². The molecule has 0 aliphatic heterocycles. The number of rotatable bonds is 3. The molecule has 0 bridgehead atoms. The number of halogens is 1. The fraction of sp³-hybridized carbons (Fsp3) is 0.105. The van der Waals surface area contributed by atoms with E-state index in [1.54, 1.807) is 12.1 Å². The summed E-state index contributed by atoms with van der Waals surface area (Å²) in [6.07, 6.45) is 0. The highest BCUT2D eigenvalue weighted by molar-refractivity contribution is 6.31. The zero-order valence-electron chi connectivity index (χ0n) is 12.8. The zero-order chi connectivity index (χ0) is 16.7. The lowest BCUT2D eigenvalue weighted by Crippen LogP contribution is -1.98. The fourth-order valence-electron chi connectivity index (χ4n) is 2.69. The van der Waals surface area contributed by atoms with E-state index >= 15 is 0 Å². The van der Waals surface area contributed by atoms with Gasteiger partial charge in [0.2, 0.25) is 0 Å². The molecule has 0 aliphatic carbocycles. The third-order valence-corrected chi connectivity index (χ3v) is 4.07. The summed E-state index contributed by atoms with van der Waals surface area (Å²) >= 11 is 5.97. The molecular formula is C19H13ClO4. The minimum Gasteiger partial charge on any atom is -0.486 e. The number of hydrogen-bond donors (Lipinski definition) is 0. The quantitative estimate of drug-likeness (QED) is 0.488. The average molecular weight is 341 g/mol. The van der Waals surface area contributed by atoms with Gasteiger partial charge in [0.15, 0.2) is 0 Å². The van der Waals surface area contributed by atoms with Crippen LogP contribution in [-0.2, 0) is 6.61 Å². The van der Waals surface area contributed by atoms with Gasteiger partial charge in [0.1, 0.15) is 29.3 Å². The number of benzene rings is 2. The molecule has 2 heterocycles. The van der Waals surface area contributed by atoms with E-state index in [2.05, 4.69) is 0 Å². The molecule has 0 saturated carbocycles. The Balaban J connectivity index is 1.60. The number of aryl methyl sites for hydroxylation is 1. The molecule has 0 spiro atoms. The Morgan fingerprint density at radius 2 is 1.88 bits per heavy atom. The number of fused-ring (bicyclic) bond motifs is 2. The minimum absolute atomic E-state index is 0.272. The van der Waals surface area contributed by atoms with Gasteiger partial charge in [0.05, 0.1) is 0 Å². The Morgan fingerprint density at radius 3 is 2.75 bits per heavy atom. The van der Waals surface area contributed by atoms with Crippen molar-refractivity contribution in [2.75, 3.05) is 0 Å². The molecule has 0 radical (unpaired) electrons. The van der Waals surface area contributed by atoms with E-state index < -0.39 is 0 Å². The van der Waals surface area contributed by atoms with E-state index in [0.717, 1.165) is 21.9 Å². The average Bonchev–Trinajstić information content (AvgIpc) is 2.94. The highest BCUT2D eigenvalue weighted by Crippen LogP contribution is 2.26. The van der Waals surface area contributed by atoms with Crippen molar-refractivity contribution in [3.63, 3.8) is 0 Å². The summed E-state index contributed by atoms with van der Waals surface area (Å²) in [5.74, 6) is 1.30. The second-order valence-corrected chi connectivity index (χ2v) is 6.03. The maximum atomic E-state index is 11.5. The number of furan rings is 1. The Hall–Kier alpha value is -2.72. The van der Waals surface area contributed by atoms with E-state index in [1.807, 2.05) is 37.3 Å². The largest absolute Gasteiger partial charge is 0.486 e. The number of ether oxygens (including phenoxy) is 1. The lowest BCUT2D eigenvalue weighted by Gasteiger charge is -2.06. The summed E-state index contributed by atoms with van der Waals surface area (Å²) < 4.78 is 16.7. The summed E-state index contributed by atoms with van der Waals surface area (Å²) in [4.78, 5) is 11.5. The maximum absolute atomic E-state index is 11.5. The van der Waals surface area contributed by atoms with Gasteiger partial charge in [-0.1, -0.05) is 11.6 Å². The summed E-state index contributed by atoms with van der Waals surface area (Å²) in [5.41, 5.74) is 1.78. The van der Waals surface area contributed by atoms with Gasteiger partial charge < -0.3 is 13.6 Å². The smallest absolute Gasteiger partial charge is 0.336 e. The van der Waals surface area contributed by atoms with Gasteiger partial charge in [-0.2, -0.15) is 0 Å². The van der Waals surface area contributed by atoms with Crippen molar-refractivity contribution >= 4 is 33.5 Å². The standard InChI is InChI=1S/C19H13ClO4/c1-11-6-19(21)24-18-9-14(3-4-16(11)18)22-10-15-8-12-7-13(20)2-5-17(12)23-15/h2-9H,10H2,1H3. The predicted octanol–water partition coefficient (Wildman–Crippen LogP) is 5.08. The van der Waals surface area contributed by atoms with Gasteiger partial charge in [-0.15, -0.1) is 0 Å². The van der Waals surface area contributed by atoms with Crippen molar-refractivity contribution in [3.05, 3.63) is 75.3 Å². The molecule has 0 saturated heterocycles. The molecule has 4 nitrogen and oxygen atoms in total. The second-order valence-electron chi connectivity index (χ2n) is 5.59. The van der Waals surface area contributed by atoms with Gasteiger partial charge in [-0.3, -0.25) is 0 Å².